The van der Waals surface area contributed by atoms with Crippen molar-refractivity contribution in [1.29, 1.82) is 0 Å². The van der Waals surface area contributed by atoms with Crippen LogP contribution in [0.25, 0.3) is 0 Å². The van der Waals surface area contributed by atoms with Gasteiger partial charge >= 0.3 is 11.9 Å². The average molecular weight is 258 g/mol. The van der Waals surface area contributed by atoms with Gasteiger partial charge in [-0.25, -0.2) is 0 Å². The minimum atomic E-state index is -0.653. The molecule has 0 unspecified atom stereocenters. The quantitative estimate of drug-likeness (QED) is 0.320. The second-order valence-corrected chi connectivity index (χ2v) is 3.44. The number of aliphatic hydroxyl groups excluding tert-OH is 1. The van der Waals surface area contributed by atoms with Gasteiger partial charge in [-0.05, 0) is 13.3 Å². The molecular weight excluding hydrogens is 240 g/mol. The van der Waals surface area contributed by atoms with Gasteiger partial charge in [0.15, 0.2) is 5.78 Å². The first-order valence-electron chi connectivity index (χ1n) is 5.62. The first-order valence-corrected chi connectivity index (χ1v) is 5.62. The summed E-state index contributed by atoms with van der Waals surface area (Å²) >= 11 is 0. The molecule has 0 saturated heterocycles. The van der Waals surface area contributed by atoms with E-state index in [1.54, 1.807) is 13.8 Å². The van der Waals surface area contributed by atoms with Crippen LogP contribution in [0.15, 0.2) is 11.3 Å². The van der Waals surface area contributed by atoms with Crippen LogP contribution in [-0.4, -0.2) is 36.5 Å². The number of carbonyl (C=O) groups is 3. The maximum Gasteiger partial charge on any atom is 0.313 e. The van der Waals surface area contributed by atoms with Crippen LogP contribution in [0.3, 0.4) is 0 Å². The van der Waals surface area contributed by atoms with Crippen molar-refractivity contribution in [3.8, 4) is 0 Å². The van der Waals surface area contributed by atoms with E-state index in [-0.39, 0.29) is 30.8 Å². The van der Waals surface area contributed by atoms with Crippen molar-refractivity contribution < 1.29 is 29.0 Å². The van der Waals surface area contributed by atoms with Crippen LogP contribution in [0, 0.1) is 0 Å². The van der Waals surface area contributed by atoms with Gasteiger partial charge in [0.1, 0.15) is 18.6 Å². The summed E-state index contributed by atoms with van der Waals surface area (Å²) in [5, 5.41) is 9.63. The third-order valence-corrected chi connectivity index (χ3v) is 2.19. The molecule has 0 bridgehead atoms. The Kier molecular flexibility index (Phi) is 7.42. The Labute approximate surface area is 106 Å². The predicted molar refractivity (Wildman–Crippen MR) is 62.8 cm³/mol. The number of allylic oxidation sites excluding steroid dienone is 1. The smallest absolute Gasteiger partial charge is 0.313 e. The predicted octanol–water partition coefficient (Wildman–Crippen LogP) is 1.29. The molecule has 0 aromatic carbocycles. The lowest BCUT2D eigenvalue weighted by Crippen LogP contribution is -2.15. The Morgan fingerprint density at radius 1 is 1.06 bits per heavy atom. The van der Waals surface area contributed by atoms with E-state index in [0.29, 0.717) is 0 Å². The molecule has 0 rings (SSSR count). The molecule has 0 aliphatic heterocycles. The van der Waals surface area contributed by atoms with Crippen molar-refractivity contribution in [3.63, 3.8) is 0 Å². The fraction of sp³-hybridized carbons (Fsp3) is 0.583. The van der Waals surface area contributed by atoms with E-state index in [1.165, 1.54) is 7.11 Å². The number of ketones is 1. The third kappa shape index (κ3) is 5.47. The molecule has 1 N–H and O–H groups in total. The van der Waals surface area contributed by atoms with Crippen molar-refractivity contribution in [2.24, 2.45) is 0 Å². The lowest BCUT2D eigenvalue weighted by molar-refractivity contribution is -0.145. The van der Waals surface area contributed by atoms with E-state index in [0.717, 1.165) is 0 Å². The third-order valence-electron chi connectivity index (χ3n) is 2.19. The molecule has 0 spiro atoms. The SMILES string of the molecule is CCOC(=O)CC(=O)/C(CC)=C(\O)CC(=O)OC. The summed E-state index contributed by atoms with van der Waals surface area (Å²) in [7, 11) is 1.18. The highest BCUT2D eigenvalue weighted by molar-refractivity contribution is 6.05. The largest absolute Gasteiger partial charge is 0.511 e. The zero-order valence-corrected chi connectivity index (χ0v) is 10.8. The summed E-state index contributed by atoms with van der Waals surface area (Å²) in [4.78, 5) is 33.8. The first-order chi connectivity index (χ1) is 8.46. The fourth-order valence-electron chi connectivity index (χ4n) is 1.33. The molecule has 0 atom stereocenters. The van der Waals surface area contributed by atoms with Crippen LogP contribution in [0.2, 0.25) is 0 Å². The van der Waals surface area contributed by atoms with Crippen molar-refractivity contribution in [3.05, 3.63) is 11.3 Å². The molecule has 6 heteroatoms. The van der Waals surface area contributed by atoms with Crippen LogP contribution < -0.4 is 0 Å². The molecule has 0 saturated carbocycles. The van der Waals surface area contributed by atoms with Gasteiger partial charge in [0.25, 0.3) is 0 Å². The Morgan fingerprint density at radius 3 is 2.11 bits per heavy atom. The highest BCUT2D eigenvalue weighted by Crippen LogP contribution is 2.14. The molecule has 0 aliphatic carbocycles. The molecule has 0 amide bonds. The Hall–Kier alpha value is -1.85. The topological polar surface area (TPSA) is 89.9 Å². The Bertz CT molecular complexity index is 356. The van der Waals surface area contributed by atoms with E-state index in [9.17, 15) is 19.5 Å². The minimum Gasteiger partial charge on any atom is -0.511 e. The zero-order valence-electron chi connectivity index (χ0n) is 10.8. The van der Waals surface area contributed by atoms with Crippen LogP contribution in [0.1, 0.15) is 33.1 Å². The Balaban J connectivity index is 4.74. The normalized spacial score (nSPS) is 11.5. The summed E-state index contributed by atoms with van der Waals surface area (Å²) in [5.74, 6) is -2.21. The summed E-state index contributed by atoms with van der Waals surface area (Å²) in [5.41, 5.74) is 0.0495. The van der Waals surface area contributed by atoms with Crippen molar-refractivity contribution in [2.45, 2.75) is 33.1 Å². The number of esters is 2. The van der Waals surface area contributed by atoms with Gasteiger partial charge in [0, 0.05) is 5.57 Å². The molecule has 0 fully saturated rings. The monoisotopic (exact) mass is 258 g/mol. The van der Waals surface area contributed by atoms with Gasteiger partial charge in [-0.15, -0.1) is 0 Å². The lowest BCUT2D eigenvalue weighted by Gasteiger charge is -2.07. The zero-order chi connectivity index (χ0) is 14.1. The lowest BCUT2D eigenvalue weighted by atomic mass is 10.0. The second kappa shape index (κ2) is 8.27. The van der Waals surface area contributed by atoms with Gasteiger partial charge in [-0.3, -0.25) is 14.4 Å². The molecule has 0 aromatic rings. The van der Waals surface area contributed by atoms with Crippen LogP contribution in [0.5, 0.6) is 0 Å². The number of ether oxygens (including phenoxy) is 2. The minimum absolute atomic E-state index is 0.0495. The summed E-state index contributed by atoms with van der Waals surface area (Å²) in [6, 6.07) is 0. The van der Waals surface area contributed by atoms with E-state index in [1.807, 2.05) is 0 Å². The summed E-state index contributed by atoms with van der Waals surface area (Å²) in [6.45, 7) is 3.46. The maximum atomic E-state index is 11.7. The van der Waals surface area contributed by atoms with Gasteiger partial charge in [0.05, 0.1) is 13.7 Å². The number of Topliss-reactive ketones (excluding diaryl/α,β-unsaturated/α-hetero) is 1. The molecule has 6 nitrogen and oxygen atoms in total. The van der Waals surface area contributed by atoms with Crippen LogP contribution in [-0.2, 0) is 23.9 Å². The maximum absolute atomic E-state index is 11.7. The fourth-order valence-corrected chi connectivity index (χ4v) is 1.33. The second-order valence-electron chi connectivity index (χ2n) is 3.44. The van der Waals surface area contributed by atoms with Gasteiger partial charge < -0.3 is 14.6 Å². The molecule has 0 radical (unpaired) electrons. The highest BCUT2D eigenvalue weighted by Gasteiger charge is 2.19. The first kappa shape index (κ1) is 16.1. The number of aliphatic hydroxyl groups is 1. The molecule has 18 heavy (non-hydrogen) atoms. The molecule has 0 aliphatic rings. The number of methoxy groups -OCH3 is 1. The Morgan fingerprint density at radius 2 is 1.67 bits per heavy atom. The van der Waals surface area contributed by atoms with Gasteiger partial charge in [-0.1, -0.05) is 6.92 Å². The average Bonchev–Trinajstić information content (AvgIpc) is 2.29. The molecular formula is C12H18O6. The van der Waals surface area contributed by atoms with Crippen molar-refractivity contribution >= 4 is 17.7 Å². The van der Waals surface area contributed by atoms with E-state index >= 15 is 0 Å². The van der Waals surface area contributed by atoms with E-state index < -0.39 is 24.1 Å². The van der Waals surface area contributed by atoms with Crippen LogP contribution in [0.4, 0.5) is 0 Å². The highest BCUT2D eigenvalue weighted by atomic mass is 16.5. The van der Waals surface area contributed by atoms with E-state index in [4.69, 9.17) is 0 Å². The van der Waals surface area contributed by atoms with Crippen molar-refractivity contribution in [2.75, 3.05) is 13.7 Å². The molecule has 0 aromatic heterocycles. The number of rotatable bonds is 7. The van der Waals surface area contributed by atoms with E-state index in [2.05, 4.69) is 9.47 Å². The van der Waals surface area contributed by atoms with Crippen LogP contribution >= 0.6 is 0 Å². The van der Waals surface area contributed by atoms with Gasteiger partial charge in [0.2, 0.25) is 0 Å². The molecule has 0 heterocycles. The number of carbonyl (C=O) groups excluding carboxylic acids is 3. The number of hydrogen-bond donors (Lipinski definition) is 1. The van der Waals surface area contributed by atoms with Crippen molar-refractivity contribution in [1.82, 2.24) is 0 Å². The standard InChI is InChI=1S/C12H18O6/c1-4-8(9(13)6-11(15)17-3)10(14)7-12(16)18-5-2/h13H,4-7H2,1-3H3/b9-8-. The number of hydrogen-bond acceptors (Lipinski definition) is 6. The molecule has 102 valence electrons. The summed E-state index contributed by atoms with van der Waals surface area (Å²) in [6.07, 6.45) is -0.600. The van der Waals surface area contributed by atoms with Gasteiger partial charge in [-0.2, -0.15) is 0 Å². The summed E-state index contributed by atoms with van der Waals surface area (Å²) < 4.78 is 9.01.